The van der Waals surface area contributed by atoms with Crippen LogP contribution in [-0.4, -0.2) is 48.9 Å². The van der Waals surface area contributed by atoms with E-state index in [-0.39, 0.29) is 51.7 Å². The second kappa shape index (κ2) is 4.63. The summed E-state index contributed by atoms with van der Waals surface area (Å²) >= 11 is 0. The summed E-state index contributed by atoms with van der Waals surface area (Å²) in [4.78, 5) is 0. The van der Waals surface area contributed by atoms with Gasteiger partial charge in [0.2, 0.25) is 0 Å². The van der Waals surface area contributed by atoms with Crippen LogP contribution in [0, 0.1) is 20.8 Å². The van der Waals surface area contributed by atoms with Crippen molar-refractivity contribution in [3.63, 3.8) is 0 Å². The monoisotopic (exact) mass is 260 g/mol. The first kappa shape index (κ1) is 10.8. The number of hydrogen-bond donors (Lipinski definition) is 0. The van der Waals surface area contributed by atoms with Crippen molar-refractivity contribution in [2.45, 2.75) is 20.8 Å². The summed E-state index contributed by atoms with van der Waals surface area (Å²) in [5.41, 5.74) is 4.06. The van der Waals surface area contributed by atoms with Gasteiger partial charge in [0.25, 0.3) is 0 Å². The van der Waals surface area contributed by atoms with Gasteiger partial charge in [0.1, 0.15) is 0 Å². The van der Waals surface area contributed by atoms with E-state index in [1.54, 1.807) is 0 Å². The minimum atomic E-state index is 0. The Kier molecular flexibility index (Phi) is 4.99. The molecule has 0 atom stereocenters. The van der Waals surface area contributed by atoms with Gasteiger partial charge >= 0.3 is 48.9 Å². The van der Waals surface area contributed by atoms with Crippen LogP contribution >= 0.6 is 0 Å². The first-order valence-corrected chi connectivity index (χ1v) is 3.23. The zero-order valence-corrected chi connectivity index (χ0v) is 11.4. The predicted molar refractivity (Wildman–Crippen MR) is 48.6 cm³/mol. The van der Waals surface area contributed by atoms with Crippen molar-refractivity contribution in [1.82, 2.24) is 0 Å². The Labute approximate surface area is 106 Å². The Bertz CT molecular complexity index is 173. The Morgan fingerprint density at radius 2 is 1.00 bits per heavy atom. The summed E-state index contributed by atoms with van der Waals surface area (Å²) in [6, 6.07) is 6.56. The molecule has 0 radical (unpaired) electrons. The fraction of sp³-hybridized carbons (Fsp3) is 0.333. The first-order chi connectivity index (χ1) is 4.18. The molecule has 0 bridgehead atoms. The Morgan fingerprint density at radius 3 is 1.20 bits per heavy atom. The van der Waals surface area contributed by atoms with Crippen molar-refractivity contribution in [3.8, 4) is 0 Å². The van der Waals surface area contributed by atoms with Crippen molar-refractivity contribution in [1.29, 1.82) is 0 Å². The third-order valence-electron chi connectivity index (χ3n) is 1.37. The number of hydrogen-bond acceptors (Lipinski definition) is 0. The SMILES string of the molecule is Cc1cc(C)cc(C)c1.[Ba+2].[H-].[H-]. The molecule has 0 aromatic heterocycles. The average Bonchev–Trinajstić information content (AvgIpc) is 1.59. The van der Waals surface area contributed by atoms with Crippen LogP contribution in [-0.2, 0) is 0 Å². The number of rotatable bonds is 0. The van der Waals surface area contributed by atoms with Gasteiger partial charge in [0.15, 0.2) is 0 Å². The molecule has 0 aliphatic carbocycles. The van der Waals surface area contributed by atoms with Crippen molar-refractivity contribution in [3.05, 3.63) is 34.9 Å². The molecule has 0 aliphatic heterocycles. The van der Waals surface area contributed by atoms with E-state index in [0.29, 0.717) is 0 Å². The summed E-state index contributed by atoms with van der Waals surface area (Å²) in [7, 11) is 0. The summed E-state index contributed by atoms with van der Waals surface area (Å²) in [5, 5.41) is 0. The van der Waals surface area contributed by atoms with E-state index < -0.39 is 0 Å². The van der Waals surface area contributed by atoms with Gasteiger partial charge in [-0.15, -0.1) is 0 Å². The van der Waals surface area contributed by atoms with Crippen molar-refractivity contribution >= 4 is 48.9 Å². The van der Waals surface area contributed by atoms with Crippen LogP contribution in [0.15, 0.2) is 18.2 Å². The van der Waals surface area contributed by atoms with Crippen LogP contribution in [0.4, 0.5) is 0 Å². The summed E-state index contributed by atoms with van der Waals surface area (Å²) in [5.74, 6) is 0. The molecule has 0 spiro atoms. The van der Waals surface area contributed by atoms with Crippen LogP contribution in [0.3, 0.4) is 0 Å². The van der Waals surface area contributed by atoms with Gasteiger partial charge in [-0.2, -0.15) is 0 Å². The van der Waals surface area contributed by atoms with Gasteiger partial charge in [-0.25, -0.2) is 0 Å². The standard InChI is InChI=1S/C9H12.Ba.2H/c1-7-4-8(2)6-9(3)5-7;;;/h4-6H,1-3H3;;;/q;+2;2*-1. The molecule has 0 N–H and O–H groups in total. The third-order valence-corrected chi connectivity index (χ3v) is 1.37. The fourth-order valence-electron chi connectivity index (χ4n) is 1.20. The van der Waals surface area contributed by atoms with E-state index in [4.69, 9.17) is 0 Å². The van der Waals surface area contributed by atoms with E-state index in [0.717, 1.165) is 0 Å². The third kappa shape index (κ3) is 3.26. The van der Waals surface area contributed by atoms with E-state index in [1.165, 1.54) is 16.7 Å². The van der Waals surface area contributed by atoms with Gasteiger partial charge in [0.05, 0.1) is 0 Å². The first-order valence-electron chi connectivity index (χ1n) is 3.23. The quantitative estimate of drug-likeness (QED) is 0.628. The summed E-state index contributed by atoms with van der Waals surface area (Å²) < 4.78 is 0. The normalized spacial score (nSPS) is 8.70. The fourth-order valence-corrected chi connectivity index (χ4v) is 1.20. The van der Waals surface area contributed by atoms with E-state index in [9.17, 15) is 0 Å². The molecule has 0 amide bonds. The van der Waals surface area contributed by atoms with E-state index in [1.807, 2.05) is 0 Å². The predicted octanol–water partition coefficient (Wildman–Crippen LogP) is 2.46. The minimum Gasteiger partial charge on any atom is -1.00 e. The van der Waals surface area contributed by atoms with Gasteiger partial charge < -0.3 is 2.85 Å². The smallest absolute Gasteiger partial charge is 1.00 e. The molecule has 0 saturated carbocycles. The maximum Gasteiger partial charge on any atom is 2.00 e. The molecular weight excluding hydrogens is 245 g/mol. The topological polar surface area (TPSA) is 0 Å². The molecule has 1 heteroatoms. The van der Waals surface area contributed by atoms with Gasteiger partial charge in [-0.1, -0.05) is 34.9 Å². The second-order valence-electron chi connectivity index (χ2n) is 2.67. The minimum absolute atomic E-state index is 0. The zero-order valence-electron chi connectivity index (χ0n) is 8.94. The Morgan fingerprint density at radius 1 is 0.800 bits per heavy atom. The molecule has 0 unspecified atom stereocenters. The van der Waals surface area contributed by atoms with Crippen LogP contribution in [0.25, 0.3) is 0 Å². The van der Waals surface area contributed by atoms with Crippen molar-refractivity contribution in [2.24, 2.45) is 0 Å². The molecule has 1 aromatic carbocycles. The van der Waals surface area contributed by atoms with E-state index >= 15 is 0 Å². The zero-order chi connectivity index (χ0) is 6.85. The Balaban J connectivity index is -0.000000270. The number of aryl methyl sites for hydroxylation is 3. The van der Waals surface area contributed by atoms with Crippen LogP contribution < -0.4 is 0 Å². The van der Waals surface area contributed by atoms with Crippen LogP contribution in [0.2, 0.25) is 0 Å². The molecule has 0 fully saturated rings. The molecule has 52 valence electrons. The summed E-state index contributed by atoms with van der Waals surface area (Å²) in [6.07, 6.45) is 0. The van der Waals surface area contributed by atoms with Gasteiger partial charge in [0, 0.05) is 0 Å². The number of benzene rings is 1. The molecule has 1 aromatic rings. The maximum absolute atomic E-state index is 2.19. The second-order valence-corrected chi connectivity index (χ2v) is 2.67. The molecule has 0 nitrogen and oxygen atoms in total. The van der Waals surface area contributed by atoms with E-state index in [2.05, 4.69) is 39.0 Å². The Hall–Kier alpha value is 0.791. The van der Waals surface area contributed by atoms with Crippen LogP contribution in [0.5, 0.6) is 0 Å². The van der Waals surface area contributed by atoms with Crippen molar-refractivity contribution < 1.29 is 2.85 Å². The molecule has 0 aliphatic rings. The maximum atomic E-state index is 2.19. The molecule has 0 saturated heterocycles. The van der Waals surface area contributed by atoms with Crippen LogP contribution in [0.1, 0.15) is 19.5 Å². The molecular formula is C9H14Ba. The van der Waals surface area contributed by atoms with Gasteiger partial charge in [-0.3, -0.25) is 0 Å². The van der Waals surface area contributed by atoms with Gasteiger partial charge in [-0.05, 0) is 20.8 Å². The molecule has 10 heavy (non-hydrogen) atoms. The molecule has 0 heterocycles. The summed E-state index contributed by atoms with van der Waals surface area (Å²) in [6.45, 7) is 6.38. The molecule has 1 rings (SSSR count). The largest absolute Gasteiger partial charge is 2.00 e. The average molecular weight is 260 g/mol. The van der Waals surface area contributed by atoms with Crippen molar-refractivity contribution in [2.75, 3.05) is 0 Å².